The van der Waals surface area contributed by atoms with Crippen LogP contribution in [-0.4, -0.2) is 0 Å². The van der Waals surface area contributed by atoms with Crippen molar-refractivity contribution in [3.8, 4) is 12.1 Å². The van der Waals surface area contributed by atoms with E-state index >= 15 is 0 Å². The van der Waals surface area contributed by atoms with Gasteiger partial charge in [-0.1, -0.05) is 25.0 Å². The average Bonchev–Trinajstić information content (AvgIpc) is 2.93. The van der Waals surface area contributed by atoms with Gasteiger partial charge >= 0.3 is 0 Å². The van der Waals surface area contributed by atoms with Crippen LogP contribution in [0.1, 0.15) is 71.6 Å². The molecule has 0 aromatic rings. The minimum absolute atomic E-state index is 0.292. The molecule has 0 heterocycles. The van der Waals surface area contributed by atoms with Crippen molar-refractivity contribution >= 4 is 0 Å². The van der Waals surface area contributed by atoms with Crippen molar-refractivity contribution in [1.82, 2.24) is 0 Å². The van der Waals surface area contributed by atoms with Crippen molar-refractivity contribution in [2.75, 3.05) is 0 Å². The van der Waals surface area contributed by atoms with Gasteiger partial charge in [0, 0.05) is 12.2 Å². The second-order valence-electron chi connectivity index (χ2n) is 9.59. The van der Waals surface area contributed by atoms with E-state index in [1.807, 2.05) is 12.2 Å². The van der Waals surface area contributed by atoms with Crippen molar-refractivity contribution in [3.05, 3.63) is 23.3 Å². The predicted octanol–water partition coefficient (Wildman–Crippen LogP) is 5.93. The molecule has 6 unspecified atom stereocenters. The lowest BCUT2D eigenvalue weighted by Gasteiger charge is -2.60. The van der Waals surface area contributed by atoms with E-state index in [4.69, 9.17) is 5.26 Å². The van der Waals surface area contributed by atoms with Crippen LogP contribution in [0.25, 0.3) is 0 Å². The smallest absolute Gasteiger partial charge is 0.0911 e. The van der Waals surface area contributed by atoms with Crippen LogP contribution >= 0.6 is 0 Å². The van der Waals surface area contributed by atoms with E-state index < -0.39 is 0 Å². The minimum atomic E-state index is 0.292. The highest BCUT2D eigenvalue weighted by atomic mass is 14.6. The van der Waals surface area contributed by atoms with E-state index in [0.29, 0.717) is 10.8 Å². The molecule has 0 aliphatic heterocycles. The van der Waals surface area contributed by atoms with E-state index in [0.717, 1.165) is 42.9 Å². The van der Waals surface area contributed by atoms with Crippen LogP contribution in [0.4, 0.5) is 0 Å². The summed E-state index contributed by atoms with van der Waals surface area (Å²) >= 11 is 0. The van der Waals surface area contributed by atoms with Gasteiger partial charge in [-0.25, -0.2) is 0 Å². The summed E-state index contributed by atoms with van der Waals surface area (Å²) in [5.74, 6) is 3.28. The first kappa shape index (κ1) is 16.9. The van der Waals surface area contributed by atoms with Crippen molar-refractivity contribution in [2.24, 2.45) is 34.5 Å². The number of hydrogen-bond donors (Lipinski definition) is 0. The molecule has 25 heavy (non-hydrogen) atoms. The van der Waals surface area contributed by atoms with Crippen LogP contribution in [-0.2, 0) is 0 Å². The monoisotopic (exact) mass is 334 g/mol. The van der Waals surface area contributed by atoms with Crippen molar-refractivity contribution in [2.45, 2.75) is 71.6 Å². The molecule has 0 N–H and O–H groups in total. The van der Waals surface area contributed by atoms with Crippen LogP contribution in [0.2, 0.25) is 0 Å². The van der Waals surface area contributed by atoms with Gasteiger partial charge in [-0.3, -0.25) is 0 Å². The number of allylic oxidation sites excluding steroid dienone is 4. The third-order valence-corrected chi connectivity index (χ3v) is 8.91. The van der Waals surface area contributed by atoms with Gasteiger partial charge in [-0.15, -0.1) is 0 Å². The molecule has 0 spiro atoms. The highest BCUT2D eigenvalue weighted by Gasteiger charge is 2.58. The molecular weight excluding hydrogens is 304 g/mol. The largest absolute Gasteiger partial charge is 0.193 e. The summed E-state index contributed by atoms with van der Waals surface area (Å²) in [6.07, 6.45) is 15.0. The summed E-state index contributed by atoms with van der Waals surface area (Å²) in [5, 5.41) is 18.2. The third kappa shape index (κ3) is 2.41. The molecule has 0 aromatic heterocycles. The fourth-order valence-electron chi connectivity index (χ4n) is 7.49. The van der Waals surface area contributed by atoms with Gasteiger partial charge in [-0.2, -0.15) is 10.5 Å². The third-order valence-electron chi connectivity index (χ3n) is 8.91. The SMILES string of the molecule is CC12CCC3C(CCC4CC(=CC#N)CCC43C)C1CCC2=CC#N. The molecule has 0 aromatic carbocycles. The van der Waals surface area contributed by atoms with Gasteiger partial charge in [0.1, 0.15) is 0 Å². The molecule has 0 amide bonds. The normalized spacial score (nSPS) is 49.0. The fraction of sp³-hybridized carbons (Fsp3) is 0.739. The van der Waals surface area contributed by atoms with Gasteiger partial charge in [-0.05, 0) is 92.3 Å². The molecule has 132 valence electrons. The van der Waals surface area contributed by atoms with Gasteiger partial charge < -0.3 is 0 Å². The van der Waals surface area contributed by atoms with E-state index in [1.54, 1.807) is 0 Å². The first-order chi connectivity index (χ1) is 12.0. The van der Waals surface area contributed by atoms with Gasteiger partial charge in [0.15, 0.2) is 0 Å². The molecule has 2 nitrogen and oxygen atoms in total. The Hall–Kier alpha value is -1.54. The molecule has 6 atom stereocenters. The molecule has 4 saturated carbocycles. The summed E-state index contributed by atoms with van der Waals surface area (Å²) in [7, 11) is 0. The molecule has 4 aliphatic carbocycles. The average molecular weight is 335 g/mol. The Morgan fingerprint density at radius 3 is 2.48 bits per heavy atom. The molecule has 4 rings (SSSR count). The van der Waals surface area contributed by atoms with Crippen LogP contribution in [0, 0.1) is 57.2 Å². The molecular formula is C23H30N2. The minimum Gasteiger partial charge on any atom is -0.193 e. The number of rotatable bonds is 0. The molecule has 0 saturated heterocycles. The van der Waals surface area contributed by atoms with Crippen molar-refractivity contribution in [3.63, 3.8) is 0 Å². The highest BCUT2D eigenvalue weighted by Crippen LogP contribution is 2.67. The molecule has 4 aliphatic rings. The Kier molecular flexibility index (Phi) is 4.07. The summed E-state index contributed by atoms with van der Waals surface area (Å²) in [4.78, 5) is 0. The van der Waals surface area contributed by atoms with E-state index in [-0.39, 0.29) is 0 Å². The first-order valence-corrected chi connectivity index (χ1v) is 10.2. The zero-order valence-electron chi connectivity index (χ0n) is 15.7. The summed E-state index contributed by atoms with van der Waals surface area (Å²) < 4.78 is 0. The maximum Gasteiger partial charge on any atom is 0.0911 e. The highest BCUT2D eigenvalue weighted by molar-refractivity contribution is 5.28. The standard InChI is InChI=1S/C23H30N2/c1-22-12-8-21-19(20(22)6-4-17(22)10-14-25)5-3-18-15-16(9-13-24)7-11-23(18,21)2/h9-10,18-21H,3-8,11-12,15H2,1-2H3. The Morgan fingerprint density at radius 2 is 1.72 bits per heavy atom. The summed E-state index contributed by atoms with van der Waals surface area (Å²) in [6.45, 7) is 5.02. The van der Waals surface area contributed by atoms with E-state index in [1.165, 1.54) is 49.7 Å². The maximum atomic E-state index is 9.17. The maximum absolute atomic E-state index is 9.17. The Balaban J connectivity index is 1.61. The van der Waals surface area contributed by atoms with E-state index in [2.05, 4.69) is 26.0 Å². The quantitative estimate of drug-likeness (QED) is 0.515. The van der Waals surface area contributed by atoms with Gasteiger partial charge in [0.05, 0.1) is 12.1 Å². The van der Waals surface area contributed by atoms with Gasteiger partial charge in [0.2, 0.25) is 0 Å². The van der Waals surface area contributed by atoms with Crippen molar-refractivity contribution < 1.29 is 0 Å². The second-order valence-corrected chi connectivity index (χ2v) is 9.59. The van der Waals surface area contributed by atoms with Crippen molar-refractivity contribution in [1.29, 1.82) is 10.5 Å². The van der Waals surface area contributed by atoms with Crippen LogP contribution < -0.4 is 0 Å². The van der Waals surface area contributed by atoms with Crippen LogP contribution in [0.15, 0.2) is 23.3 Å². The Morgan fingerprint density at radius 1 is 0.920 bits per heavy atom. The predicted molar refractivity (Wildman–Crippen MR) is 99.1 cm³/mol. The lowest BCUT2D eigenvalue weighted by atomic mass is 9.45. The topological polar surface area (TPSA) is 47.6 Å². The lowest BCUT2D eigenvalue weighted by Crippen LogP contribution is -2.52. The lowest BCUT2D eigenvalue weighted by molar-refractivity contribution is -0.0904. The zero-order chi connectivity index (χ0) is 17.7. The van der Waals surface area contributed by atoms with E-state index in [9.17, 15) is 5.26 Å². The van der Waals surface area contributed by atoms with Crippen LogP contribution in [0.5, 0.6) is 0 Å². The number of nitrogens with zero attached hydrogens (tertiary/aromatic N) is 2. The first-order valence-electron chi connectivity index (χ1n) is 10.2. The summed E-state index contributed by atoms with van der Waals surface area (Å²) in [6, 6.07) is 4.57. The number of fused-ring (bicyclic) bond motifs is 5. The Labute approximate surface area is 152 Å². The molecule has 0 radical (unpaired) electrons. The number of nitriles is 2. The fourth-order valence-corrected chi connectivity index (χ4v) is 7.49. The molecule has 0 bridgehead atoms. The Bertz CT molecular complexity index is 703. The summed E-state index contributed by atoms with van der Waals surface area (Å²) in [5.41, 5.74) is 3.59. The second kappa shape index (κ2) is 6.02. The number of hydrogen-bond acceptors (Lipinski definition) is 2. The van der Waals surface area contributed by atoms with Crippen LogP contribution in [0.3, 0.4) is 0 Å². The zero-order valence-corrected chi connectivity index (χ0v) is 15.7. The molecule has 4 fully saturated rings. The molecule has 2 heteroatoms. The van der Waals surface area contributed by atoms with Gasteiger partial charge in [0.25, 0.3) is 0 Å².